The molecule has 0 saturated heterocycles. The summed E-state index contributed by atoms with van der Waals surface area (Å²) >= 11 is 0. The van der Waals surface area contributed by atoms with Crippen molar-refractivity contribution in [2.45, 2.75) is 38.0 Å². The summed E-state index contributed by atoms with van der Waals surface area (Å²) in [6.45, 7) is 3.86. The van der Waals surface area contributed by atoms with Gasteiger partial charge >= 0.3 is 5.97 Å². The molecular weight excluding hydrogens is 382 g/mol. The van der Waals surface area contributed by atoms with Crippen LogP contribution in [-0.2, 0) is 24.3 Å². The summed E-state index contributed by atoms with van der Waals surface area (Å²) in [7, 11) is -0.0729. The monoisotopic (exact) mass is 411 g/mol. The maximum absolute atomic E-state index is 12.8. The van der Waals surface area contributed by atoms with Gasteiger partial charge in [0.1, 0.15) is 0 Å². The molecule has 9 heteroatoms. The van der Waals surface area contributed by atoms with Gasteiger partial charge in [0, 0.05) is 27.2 Å². The molecule has 0 unspecified atom stereocenters. The second-order valence-corrected chi connectivity index (χ2v) is 8.88. The number of nitrogens with zero attached hydrogens (tertiary/aromatic N) is 2. The SMILES string of the molecule is CCN(CC)S(=O)(=O)c1ccc(N(C)C)c(NC(=O)COC(=O)C2CCC2)c1. The summed E-state index contributed by atoms with van der Waals surface area (Å²) in [4.78, 5) is 25.9. The van der Waals surface area contributed by atoms with Gasteiger partial charge in [-0.25, -0.2) is 8.42 Å². The van der Waals surface area contributed by atoms with Crippen LogP contribution >= 0.6 is 0 Å². The summed E-state index contributed by atoms with van der Waals surface area (Å²) in [6, 6.07) is 4.61. The van der Waals surface area contributed by atoms with Crippen LogP contribution in [0.5, 0.6) is 0 Å². The molecule has 0 bridgehead atoms. The van der Waals surface area contributed by atoms with E-state index in [0.29, 0.717) is 24.5 Å². The number of carbonyl (C=O) groups excluding carboxylic acids is 2. The first-order valence-electron chi connectivity index (χ1n) is 9.48. The van der Waals surface area contributed by atoms with Gasteiger partial charge in [-0.15, -0.1) is 0 Å². The van der Waals surface area contributed by atoms with Crippen LogP contribution in [0.3, 0.4) is 0 Å². The maximum Gasteiger partial charge on any atom is 0.309 e. The highest BCUT2D eigenvalue weighted by molar-refractivity contribution is 7.89. The minimum atomic E-state index is -3.66. The second kappa shape index (κ2) is 9.38. The molecule has 0 aliphatic heterocycles. The fraction of sp³-hybridized carbons (Fsp3) is 0.579. The number of rotatable bonds is 9. The Bertz CT molecular complexity index is 815. The van der Waals surface area contributed by atoms with Gasteiger partial charge in [-0.05, 0) is 31.0 Å². The molecule has 1 saturated carbocycles. The van der Waals surface area contributed by atoms with Crippen LogP contribution in [0.1, 0.15) is 33.1 Å². The van der Waals surface area contributed by atoms with Crippen molar-refractivity contribution in [3.8, 4) is 0 Å². The van der Waals surface area contributed by atoms with Crippen molar-refractivity contribution >= 4 is 33.3 Å². The molecule has 156 valence electrons. The molecule has 1 aromatic carbocycles. The number of benzene rings is 1. The predicted molar refractivity (Wildman–Crippen MR) is 108 cm³/mol. The molecule has 8 nitrogen and oxygen atoms in total. The lowest BCUT2D eigenvalue weighted by atomic mass is 9.86. The van der Waals surface area contributed by atoms with Gasteiger partial charge in [-0.3, -0.25) is 9.59 Å². The van der Waals surface area contributed by atoms with Crippen LogP contribution in [0.4, 0.5) is 11.4 Å². The van der Waals surface area contributed by atoms with E-state index >= 15 is 0 Å². The molecule has 1 amide bonds. The Balaban J connectivity index is 2.18. The number of hydrogen-bond donors (Lipinski definition) is 1. The van der Waals surface area contributed by atoms with E-state index in [9.17, 15) is 18.0 Å². The van der Waals surface area contributed by atoms with Crippen LogP contribution < -0.4 is 10.2 Å². The van der Waals surface area contributed by atoms with Crippen molar-refractivity contribution in [1.82, 2.24) is 4.31 Å². The standard InChI is InChI=1S/C19H29N3O5S/c1-5-22(6-2)28(25,26)15-10-11-17(21(3)4)16(12-15)20-18(23)13-27-19(24)14-8-7-9-14/h10-12,14H,5-9,13H2,1-4H3,(H,20,23). The van der Waals surface area contributed by atoms with E-state index in [4.69, 9.17) is 4.74 Å². The summed E-state index contributed by atoms with van der Waals surface area (Å²) in [5.74, 6) is -0.965. The molecule has 0 atom stereocenters. The van der Waals surface area contributed by atoms with Gasteiger partial charge in [-0.2, -0.15) is 4.31 Å². The predicted octanol–water partition coefficient (Wildman–Crippen LogP) is 2.06. The minimum absolute atomic E-state index is 0.101. The van der Waals surface area contributed by atoms with Crippen molar-refractivity contribution < 1.29 is 22.7 Å². The number of esters is 1. The zero-order valence-electron chi connectivity index (χ0n) is 16.9. The summed E-state index contributed by atoms with van der Waals surface area (Å²) in [6.07, 6.45) is 2.61. The van der Waals surface area contributed by atoms with Crippen molar-refractivity contribution in [3.63, 3.8) is 0 Å². The first-order valence-corrected chi connectivity index (χ1v) is 10.9. The van der Waals surface area contributed by atoms with Gasteiger partial charge in [0.2, 0.25) is 10.0 Å². The van der Waals surface area contributed by atoms with E-state index in [1.807, 2.05) is 0 Å². The number of hydrogen-bond acceptors (Lipinski definition) is 6. The quantitative estimate of drug-likeness (QED) is 0.625. The smallest absolute Gasteiger partial charge is 0.309 e. The van der Waals surface area contributed by atoms with E-state index < -0.39 is 22.5 Å². The molecular formula is C19H29N3O5S. The van der Waals surface area contributed by atoms with Crippen LogP contribution in [0, 0.1) is 5.92 Å². The largest absolute Gasteiger partial charge is 0.455 e. The van der Waals surface area contributed by atoms with E-state index in [-0.39, 0.29) is 16.8 Å². The Morgan fingerprint density at radius 1 is 1.18 bits per heavy atom. The second-order valence-electron chi connectivity index (χ2n) is 6.95. The molecule has 2 rings (SSSR count). The van der Waals surface area contributed by atoms with Crippen molar-refractivity contribution in [3.05, 3.63) is 18.2 Å². The van der Waals surface area contributed by atoms with Crippen LogP contribution in [0.25, 0.3) is 0 Å². The lowest BCUT2D eigenvalue weighted by Gasteiger charge is -2.23. The Morgan fingerprint density at radius 2 is 1.82 bits per heavy atom. The molecule has 0 aromatic heterocycles. The van der Waals surface area contributed by atoms with E-state index in [1.54, 1.807) is 38.9 Å². The number of carbonyl (C=O) groups is 2. The Morgan fingerprint density at radius 3 is 2.32 bits per heavy atom. The normalized spacial score (nSPS) is 14.5. The van der Waals surface area contributed by atoms with E-state index in [2.05, 4.69) is 5.32 Å². The highest BCUT2D eigenvalue weighted by Crippen LogP contribution is 2.29. The number of sulfonamides is 1. The molecule has 1 N–H and O–H groups in total. The average Bonchev–Trinajstić information content (AvgIpc) is 2.59. The lowest BCUT2D eigenvalue weighted by Crippen LogP contribution is -2.31. The first-order chi connectivity index (χ1) is 13.2. The number of ether oxygens (including phenoxy) is 1. The van der Waals surface area contributed by atoms with Gasteiger partial charge in [-0.1, -0.05) is 20.3 Å². The van der Waals surface area contributed by atoms with Gasteiger partial charge in [0.05, 0.1) is 22.2 Å². The summed E-state index contributed by atoms with van der Waals surface area (Å²) in [5, 5.41) is 2.67. The van der Waals surface area contributed by atoms with Crippen molar-refractivity contribution in [2.75, 3.05) is 44.0 Å². The van der Waals surface area contributed by atoms with E-state index in [1.165, 1.54) is 16.4 Å². The molecule has 0 heterocycles. The average molecular weight is 412 g/mol. The molecule has 0 spiro atoms. The maximum atomic E-state index is 12.8. The summed E-state index contributed by atoms with van der Waals surface area (Å²) < 4.78 is 32.0. The molecule has 0 radical (unpaired) electrons. The highest BCUT2D eigenvalue weighted by Gasteiger charge is 2.27. The first kappa shape index (κ1) is 22.2. The van der Waals surface area contributed by atoms with Crippen molar-refractivity contribution in [2.24, 2.45) is 5.92 Å². The van der Waals surface area contributed by atoms with Crippen LogP contribution in [-0.4, -0.2) is 58.4 Å². The zero-order chi connectivity index (χ0) is 20.9. The molecule has 28 heavy (non-hydrogen) atoms. The van der Waals surface area contributed by atoms with Gasteiger partial charge < -0.3 is 15.0 Å². The number of amides is 1. The fourth-order valence-electron chi connectivity index (χ4n) is 2.96. The molecule has 1 aliphatic rings. The van der Waals surface area contributed by atoms with Crippen LogP contribution in [0.15, 0.2) is 23.1 Å². The van der Waals surface area contributed by atoms with Crippen molar-refractivity contribution in [1.29, 1.82) is 0 Å². The Kier molecular flexibility index (Phi) is 7.42. The highest BCUT2D eigenvalue weighted by atomic mass is 32.2. The van der Waals surface area contributed by atoms with Crippen LogP contribution in [0.2, 0.25) is 0 Å². The third kappa shape index (κ3) is 5.02. The topological polar surface area (TPSA) is 96.0 Å². The third-order valence-electron chi connectivity index (χ3n) is 4.85. The van der Waals surface area contributed by atoms with Gasteiger partial charge in [0.15, 0.2) is 6.61 Å². The van der Waals surface area contributed by atoms with Gasteiger partial charge in [0.25, 0.3) is 5.91 Å². The molecule has 1 fully saturated rings. The Labute approximate surface area is 166 Å². The molecule has 1 aliphatic carbocycles. The molecule has 1 aromatic rings. The lowest BCUT2D eigenvalue weighted by molar-refractivity contribution is -0.154. The third-order valence-corrected chi connectivity index (χ3v) is 6.90. The Hall–Kier alpha value is -2.13. The zero-order valence-corrected chi connectivity index (χ0v) is 17.7. The number of anilines is 2. The van der Waals surface area contributed by atoms with E-state index in [0.717, 1.165) is 19.3 Å². The minimum Gasteiger partial charge on any atom is -0.455 e. The summed E-state index contributed by atoms with van der Waals surface area (Å²) in [5.41, 5.74) is 1.00. The fourth-order valence-corrected chi connectivity index (χ4v) is 4.45. The number of nitrogens with one attached hydrogen (secondary N) is 1.